The Bertz CT molecular complexity index is 142. The van der Waals surface area contributed by atoms with Gasteiger partial charge < -0.3 is 5.32 Å². The summed E-state index contributed by atoms with van der Waals surface area (Å²) in [5.41, 5.74) is 0. The fraction of sp³-hybridized carbons (Fsp3) is 0.833. The van der Waals surface area contributed by atoms with Crippen LogP contribution in [0.2, 0.25) is 0 Å². The number of rotatable bonds is 2. The first-order chi connectivity index (χ1) is 4.74. The van der Waals surface area contributed by atoms with Crippen molar-refractivity contribution in [3.63, 3.8) is 0 Å². The van der Waals surface area contributed by atoms with E-state index >= 15 is 0 Å². The highest BCUT2D eigenvalue weighted by Crippen LogP contribution is 2.22. The fourth-order valence-corrected chi connectivity index (χ4v) is 1.83. The predicted molar refractivity (Wildman–Crippen MR) is 39.5 cm³/mol. The van der Waals surface area contributed by atoms with Gasteiger partial charge in [-0.2, -0.15) is 0 Å². The molecule has 2 unspecified atom stereocenters. The minimum atomic E-state index is -0.363. The maximum atomic E-state index is 12.0. The number of nitrogens with one attached hydrogen (secondary N) is 1. The number of halogens is 1. The highest BCUT2D eigenvalue weighted by molar-refractivity contribution is 8.01. The summed E-state index contributed by atoms with van der Waals surface area (Å²) >= 11 is 1.48. The second kappa shape index (κ2) is 3.23. The molecule has 1 aliphatic heterocycles. The topological polar surface area (TPSA) is 29.1 Å². The summed E-state index contributed by atoms with van der Waals surface area (Å²) < 4.78 is 12.0. The van der Waals surface area contributed by atoms with Crippen LogP contribution in [0.4, 0.5) is 4.39 Å². The Morgan fingerprint density at radius 2 is 2.70 bits per heavy atom. The van der Waals surface area contributed by atoms with Crippen molar-refractivity contribution in [2.75, 3.05) is 12.4 Å². The minimum Gasteiger partial charge on any atom is -0.343 e. The van der Waals surface area contributed by atoms with Gasteiger partial charge in [-0.05, 0) is 0 Å². The molecule has 1 fully saturated rings. The smallest absolute Gasteiger partial charge is 0.230 e. The van der Waals surface area contributed by atoms with E-state index in [0.29, 0.717) is 5.75 Å². The SMILES string of the molecule is CC(CF)C1NC(=O)CS1. The molecule has 1 aliphatic rings. The van der Waals surface area contributed by atoms with Gasteiger partial charge in [0.05, 0.1) is 17.8 Å². The van der Waals surface area contributed by atoms with Crippen molar-refractivity contribution in [3.05, 3.63) is 0 Å². The molecule has 58 valence electrons. The van der Waals surface area contributed by atoms with Crippen molar-refractivity contribution in [2.24, 2.45) is 5.92 Å². The molecule has 1 heterocycles. The van der Waals surface area contributed by atoms with Crippen LogP contribution in [0.5, 0.6) is 0 Å². The molecule has 1 N–H and O–H groups in total. The molecule has 1 saturated heterocycles. The average molecular weight is 163 g/mol. The number of amides is 1. The maximum Gasteiger partial charge on any atom is 0.230 e. The second-order valence-electron chi connectivity index (χ2n) is 2.43. The molecular formula is C6H10FNOS. The number of carbonyl (C=O) groups is 1. The lowest BCUT2D eigenvalue weighted by atomic mass is 10.2. The molecule has 0 bridgehead atoms. The molecule has 0 spiro atoms. The third-order valence-corrected chi connectivity index (χ3v) is 2.83. The van der Waals surface area contributed by atoms with E-state index in [9.17, 15) is 9.18 Å². The quantitative estimate of drug-likeness (QED) is 0.651. The van der Waals surface area contributed by atoms with E-state index in [1.165, 1.54) is 11.8 Å². The zero-order valence-electron chi connectivity index (χ0n) is 5.76. The molecule has 0 aromatic carbocycles. The maximum absolute atomic E-state index is 12.0. The highest BCUT2D eigenvalue weighted by Gasteiger charge is 2.26. The van der Waals surface area contributed by atoms with Crippen LogP contribution >= 0.6 is 11.8 Å². The summed E-state index contributed by atoms with van der Waals surface area (Å²) in [5, 5.41) is 2.69. The summed E-state index contributed by atoms with van der Waals surface area (Å²) in [7, 11) is 0. The largest absolute Gasteiger partial charge is 0.343 e. The molecule has 0 saturated carbocycles. The Kier molecular flexibility index (Phi) is 2.54. The van der Waals surface area contributed by atoms with E-state index in [1.54, 1.807) is 6.92 Å². The first kappa shape index (κ1) is 7.85. The third-order valence-electron chi connectivity index (χ3n) is 1.46. The molecule has 0 aromatic rings. The number of carbonyl (C=O) groups excluding carboxylic acids is 1. The third kappa shape index (κ3) is 1.62. The van der Waals surface area contributed by atoms with Crippen LogP contribution in [0.1, 0.15) is 6.92 Å². The fourth-order valence-electron chi connectivity index (χ4n) is 0.795. The van der Waals surface area contributed by atoms with Crippen molar-refractivity contribution in [1.29, 1.82) is 0 Å². The van der Waals surface area contributed by atoms with E-state index in [2.05, 4.69) is 5.32 Å². The van der Waals surface area contributed by atoms with Gasteiger partial charge in [0, 0.05) is 5.92 Å². The van der Waals surface area contributed by atoms with Gasteiger partial charge in [0.25, 0.3) is 0 Å². The van der Waals surface area contributed by atoms with E-state index < -0.39 is 0 Å². The standard InChI is InChI=1S/C6H10FNOS/c1-4(2-7)6-8-5(9)3-10-6/h4,6H,2-3H2,1H3,(H,8,9). The Balaban J connectivity index is 2.36. The van der Waals surface area contributed by atoms with Gasteiger partial charge in [0.2, 0.25) is 5.91 Å². The van der Waals surface area contributed by atoms with Gasteiger partial charge in [-0.3, -0.25) is 9.18 Å². The summed E-state index contributed by atoms with van der Waals surface area (Å²) in [5.74, 6) is 0.446. The zero-order chi connectivity index (χ0) is 7.56. The van der Waals surface area contributed by atoms with E-state index in [4.69, 9.17) is 0 Å². The van der Waals surface area contributed by atoms with Crippen molar-refractivity contribution >= 4 is 17.7 Å². The van der Waals surface area contributed by atoms with Gasteiger partial charge in [0.1, 0.15) is 0 Å². The van der Waals surface area contributed by atoms with Crippen molar-refractivity contribution in [1.82, 2.24) is 5.32 Å². The lowest BCUT2D eigenvalue weighted by Crippen LogP contribution is -2.30. The van der Waals surface area contributed by atoms with Crippen molar-refractivity contribution < 1.29 is 9.18 Å². The van der Waals surface area contributed by atoms with Gasteiger partial charge >= 0.3 is 0 Å². The zero-order valence-corrected chi connectivity index (χ0v) is 6.58. The minimum absolute atomic E-state index is 0.00231. The lowest BCUT2D eigenvalue weighted by Gasteiger charge is -2.13. The van der Waals surface area contributed by atoms with Crippen molar-refractivity contribution in [2.45, 2.75) is 12.3 Å². The monoisotopic (exact) mass is 163 g/mol. The Morgan fingerprint density at radius 3 is 3.10 bits per heavy atom. The van der Waals surface area contributed by atoms with Gasteiger partial charge in [-0.25, -0.2) is 0 Å². The Labute approximate surface area is 63.6 Å². The molecular weight excluding hydrogens is 153 g/mol. The van der Waals surface area contributed by atoms with Crippen LogP contribution in [-0.2, 0) is 4.79 Å². The first-order valence-electron chi connectivity index (χ1n) is 3.21. The Morgan fingerprint density at radius 1 is 2.00 bits per heavy atom. The number of hydrogen-bond donors (Lipinski definition) is 1. The molecule has 1 rings (SSSR count). The summed E-state index contributed by atoms with van der Waals surface area (Å²) in [6, 6.07) is 0. The first-order valence-corrected chi connectivity index (χ1v) is 4.26. The Hall–Kier alpha value is -0.250. The van der Waals surface area contributed by atoms with Gasteiger partial charge in [0.15, 0.2) is 0 Å². The average Bonchev–Trinajstić information content (AvgIpc) is 2.34. The molecule has 10 heavy (non-hydrogen) atoms. The summed E-state index contributed by atoms with van der Waals surface area (Å²) in [6.07, 6.45) is 0. The van der Waals surface area contributed by atoms with Crippen LogP contribution in [0.15, 0.2) is 0 Å². The van der Waals surface area contributed by atoms with Crippen LogP contribution in [0.3, 0.4) is 0 Å². The molecule has 2 atom stereocenters. The van der Waals surface area contributed by atoms with Crippen molar-refractivity contribution in [3.8, 4) is 0 Å². The van der Waals surface area contributed by atoms with E-state index in [0.717, 1.165) is 0 Å². The lowest BCUT2D eigenvalue weighted by molar-refractivity contribution is -0.118. The predicted octanol–water partition coefficient (Wildman–Crippen LogP) is 0.781. The molecule has 0 aromatic heterocycles. The molecule has 1 amide bonds. The molecule has 4 heteroatoms. The molecule has 2 nitrogen and oxygen atoms in total. The number of alkyl halides is 1. The summed E-state index contributed by atoms with van der Waals surface area (Å²) in [4.78, 5) is 10.6. The molecule has 0 radical (unpaired) electrons. The van der Waals surface area contributed by atoms with Crippen LogP contribution in [0.25, 0.3) is 0 Å². The summed E-state index contributed by atoms with van der Waals surface area (Å²) in [6.45, 7) is 1.43. The number of hydrogen-bond acceptors (Lipinski definition) is 2. The molecule has 0 aliphatic carbocycles. The van der Waals surface area contributed by atoms with Gasteiger partial charge in [-0.15, -0.1) is 11.8 Å². The normalized spacial score (nSPS) is 28.2. The van der Waals surface area contributed by atoms with Crippen LogP contribution in [-0.4, -0.2) is 23.7 Å². The van der Waals surface area contributed by atoms with Gasteiger partial charge in [-0.1, -0.05) is 6.92 Å². The van der Waals surface area contributed by atoms with E-state index in [1.807, 2.05) is 0 Å². The second-order valence-corrected chi connectivity index (χ2v) is 3.56. The van der Waals surface area contributed by atoms with E-state index in [-0.39, 0.29) is 23.9 Å². The van der Waals surface area contributed by atoms with Crippen LogP contribution in [0, 0.1) is 5.92 Å². The highest BCUT2D eigenvalue weighted by atomic mass is 32.2. The van der Waals surface area contributed by atoms with Crippen LogP contribution < -0.4 is 5.32 Å². The number of thioether (sulfide) groups is 1.